The third-order valence-electron chi connectivity index (χ3n) is 3.08. The molecule has 0 aromatic rings. The Morgan fingerprint density at radius 2 is 1.67 bits per heavy atom. The minimum atomic E-state index is 0.328. The Morgan fingerprint density at radius 3 is 1.75 bits per heavy atom. The van der Waals surface area contributed by atoms with Crippen molar-refractivity contribution in [3.8, 4) is 0 Å². The molecule has 0 aromatic heterocycles. The molecule has 0 amide bonds. The maximum atomic E-state index is 4.10. The van der Waals surface area contributed by atoms with Crippen LogP contribution in [0.4, 0.5) is 0 Å². The van der Waals surface area contributed by atoms with Crippen LogP contribution < -0.4 is 0 Å². The Bertz CT molecular complexity index is 153. The van der Waals surface area contributed by atoms with Gasteiger partial charge in [-0.05, 0) is 30.6 Å². The van der Waals surface area contributed by atoms with Crippen LogP contribution >= 0.6 is 0 Å². The molecule has 0 bridgehead atoms. The largest absolute Gasteiger partial charge is 0.0996 e. The van der Waals surface area contributed by atoms with E-state index in [-0.39, 0.29) is 0 Å². The Morgan fingerprint density at radius 1 is 1.25 bits per heavy atom. The molecule has 0 nitrogen and oxygen atoms in total. The summed E-state index contributed by atoms with van der Waals surface area (Å²) in [7, 11) is 0. The molecule has 0 heterocycles. The number of hydrogen-bond donors (Lipinski definition) is 0. The summed E-state index contributed by atoms with van der Waals surface area (Å²) in [5, 5.41) is 0. The highest BCUT2D eigenvalue weighted by molar-refractivity contribution is 5.07. The minimum absolute atomic E-state index is 0.328. The molecule has 0 rings (SSSR count). The van der Waals surface area contributed by atoms with E-state index in [4.69, 9.17) is 0 Å². The van der Waals surface area contributed by atoms with Crippen molar-refractivity contribution >= 4 is 0 Å². The maximum absolute atomic E-state index is 4.10. The van der Waals surface area contributed by atoms with Gasteiger partial charge in [-0.1, -0.05) is 46.8 Å². The van der Waals surface area contributed by atoms with Crippen molar-refractivity contribution in [3.05, 3.63) is 12.2 Å². The molecule has 0 saturated heterocycles. The average Bonchev–Trinajstić information content (AvgIpc) is 1.84. The lowest BCUT2D eigenvalue weighted by Gasteiger charge is -2.36. The van der Waals surface area contributed by atoms with E-state index in [9.17, 15) is 0 Å². The third kappa shape index (κ3) is 2.66. The highest BCUT2D eigenvalue weighted by Gasteiger charge is 2.29. The molecule has 0 radical (unpaired) electrons. The zero-order valence-electron chi connectivity index (χ0n) is 9.57. The molecule has 72 valence electrons. The second-order valence-electron chi connectivity index (χ2n) is 4.95. The molecular formula is C12H24. The van der Waals surface area contributed by atoms with Gasteiger partial charge in [0.1, 0.15) is 0 Å². The van der Waals surface area contributed by atoms with E-state index < -0.39 is 0 Å². The van der Waals surface area contributed by atoms with E-state index in [0.29, 0.717) is 11.3 Å². The fourth-order valence-corrected chi connectivity index (χ4v) is 1.75. The van der Waals surface area contributed by atoms with Gasteiger partial charge in [0.2, 0.25) is 0 Å². The SMILES string of the molecule is C=C(C)C(C)(CC(C)C)C(C)C. The van der Waals surface area contributed by atoms with Gasteiger partial charge in [0.15, 0.2) is 0 Å². The topological polar surface area (TPSA) is 0 Å². The fraction of sp³-hybridized carbons (Fsp3) is 0.833. The molecule has 0 aliphatic heterocycles. The summed E-state index contributed by atoms with van der Waals surface area (Å²) in [5.74, 6) is 1.45. The van der Waals surface area contributed by atoms with Crippen LogP contribution in [0, 0.1) is 17.3 Å². The van der Waals surface area contributed by atoms with Gasteiger partial charge in [-0.25, -0.2) is 0 Å². The molecule has 0 spiro atoms. The molecule has 1 atom stereocenters. The summed E-state index contributed by atoms with van der Waals surface area (Å²) in [5.41, 5.74) is 1.65. The van der Waals surface area contributed by atoms with Gasteiger partial charge in [-0.2, -0.15) is 0 Å². The lowest BCUT2D eigenvalue weighted by molar-refractivity contribution is 0.223. The molecule has 0 aliphatic rings. The molecule has 0 aliphatic carbocycles. The Hall–Kier alpha value is -0.260. The quantitative estimate of drug-likeness (QED) is 0.550. The number of hydrogen-bond acceptors (Lipinski definition) is 0. The highest BCUT2D eigenvalue weighted by atomic mass is 14.3. The van der Waals surface area contributed by atoms with Gasteiger partial charge in [0.05, 0.1) is 0 Å². The summed E-state index contributed by atoms with van der Waals surface area (Å²) in [6.45, 7) is 17.7. The van der Waals surface area contributed by atoms with Gasteiger partial charge < -0.3 is 0 Å². The normalized spacial score (nSPS) is 16.7. The predicted octanol–water partition coefficient (Wildman–Crippen LogP) is 4.27. The fourth-order valence-electron chi connectivity index (χ4n) is 1.75. The number of allylic oxidation sites excluding steroid dienone is 1. The van der Waals surface area contributed by atoms with Crippen molar-refractivity contribution < 1.29 is 0 Å². The van der Waals surface area contributed by atoms with Gasteiger partial charge in [0.25, 0.3) is 0 Å². The van der Waals surface area contributed by atoms with Crippen LogP contribution in [0.25, 0.3) is 0 Å². The van der Waals surface area contributed by atoms with Crippen LogP contribution in [-0.4, -0.2) is 0 Å². The highest BCUT2D eigenvalue weighted by Crippen LogP contribution is 2.39. The van der Waals surface area contributed by atoms with Gasteiger partial charge >= 0.3 is 0 Å². The first-order valence-electron chi connectivity index (χ1n) is 4.96. The Kier molecular flexibility index (Phi) is 4.02. The Labute approximate surface area is 78.1 Å². The smallest absolute Gasteiger partial charge is 0.00964 e. The second kappa shape index (κ2) is 4.11. The van der Waals surface area contributed by atoms with Crippen molar-refractivity contribution in [1.29, 1.82) is 0 Å². The van der Waals surface area contributed by atoms with E-state index in [1.165, 1.54) is 12.0 Å². The first-order valence-corrected chi connectivity index (χ1v) is 4.96. The molecular weight excluding hydrogens is 144 g/mol. The molecule has 0 saturated carbocycles. The van der Waals surface area contributed by atoms with E-state index in [1.807, 2.05) is 0 Å². The van der Waals surface area contributed by atoms with E-state index in [1.54, 1.807) is 0 Å². The van der Waals surface area contributed by atoms with E-state index >= 15 is 0 Å². The first kappa shape index (κ1) is 11.7. The zero-order chi connectivity index (χ0) is 9.94. The summed E-state index contributed by atoms with van der Waals surface area (Å²) >= 11 is 0. The molecule has 12 heavy (non-hydrogen) atoms. The van der Waals surface area contributed by atoms with Gasteiger partial charge in [-0.3, -0.25) is 0 Å². The van der Waals surface area contributed by atoms with Gasteiger partial charge in [-0.15, -0.1) is 0 Å². The van der Waals surface area contributed by atoms with Crippen molar-refractivity contribution in [3.63, 3.8) is 0 Å². The monoisotopic (exact) mass is 168 g/mol. The number of rotatable bonds is 4. The van der Waals surface area contributed by atoms with Crippen LogP contribution in [0.5, 0.6) is 0 Å². The van der Waals surface area contributed by atoms with Crippen molar-refractivity contribution in [2.45, 2.75) is 48.0 Å². The molecule has 0 heteroatoms. The lowest BCUT2D eigenvalue weighted by atomic mass is 9.69. The first-order chi connectivity index (χ1) is 5.30. The predicted molar refractivity (Wildman–Crippen MR) is 57.2 cm³/mol. The summed E-state index contributed by atoms with van der Waals surface area (Å²) in [6, 6.07) is 0. The molecule has 0 N–H and O–H groups in total. The van der Waals surface area contributed by atoms with Crippen molar-refractivity contribution in [2.24, 2.45) is 17.3 Å². The third-order valence-corrected chi connectivity index (χ3v) is 3.08. The van der Waals surface area contributed by atoms with E-state index in [0.717, 1.165) is 5.92 Å². The molecule has 1 unspecified atom stereocenters. The summed E-state index contributed by atoms with van der Waals surface area (Å²) in [6.07, 6.45) is 1.25. The standard InChI is InChI=1S/C12H24/c1-9(2)8-12(7,10(3)4)11(5)6/h9,11H,3,8H2,1-2,4-7H3. The van der Waals surface area contributed by atoms with Crippen LogP contribution in [0.1, 0.15) is 48.0 Å². The zero-order valence-corrected chi connectivity index (χ0v) is 9.57. The Balaban J connectivity index is 4.51. The molecule has 0 aromatic carbocycles. The molecule has 0 fully saturated rings. The summed E-state index contributed by atoms with van der Waals surface area (Å²) < 4.78 is 0. The van der Waals surface area contributed by atoms with Crippen LogP contribution in [0.2, 0.25) is 0 Å². The lowest BCUT2D eigenvalue weighted by Crippen LogP contribution is -2.26. The van der Waals surface area contributed by atoms with Crippen LogP contribution in [0.15, 0.2) is 12.2 Å². The van der Waals surface area contributed by atoms with Gasteiger partial charge in [0, 0.05) is 0 Å². The van der Waals surface area contributed by atoms with Crippen molar-refractivity contribution in [1.82, 2.24) is 0 Å². The van der Waals surface area contributed by atoms with Crippen LogP contribution in [0.3, 0.4) is 0 Å². The average molecular weight is 168 g/mol. The summed E-state index contributed by atoms with van der Waals surface area (Å²) in [4.78, 5) is 0. The van der Waals surface area contributed by atoms with Crippen LogP contribution in [-0.2, 0) is 0 Å². The maximum Gasteiger partial charge on any atom is -0.00964 e. The van der Waals surface area contributed by atoms with E-state index in [2.05, 4.69) is 48.1 Å². The van der Waals surface area contributed by atoms with Crippen molar-refractivity contribution in [2.75, 3.05) is 0 Å². The minimum Gasteiger partial charge on any atom is -0.0996 e. The second-order valence-corrected chi connectivity index (χ2v) is 4.95.